The molecule has 0 aliphatic heterocycles. The Labute approximate surface area is 185 Å². The third kappa shape index (κ3) is 8.84. The molecule has 1 heterocycles. The summed E-state index contributed by atoms with van der Waals surface area (Å²) in [5, 5.41) is 11.5. The zero-order chi connectivity index (χ0) is 21.6. The Morgan fingerprint density at radius 2 is 2.10 bits per heavy atom. The van der Waals surface area contributed by atoms with Gasteiger partial charge in [0.15, 0.2) is 0 Å². The number of unbranched alkanes of at least 4 members (excludes halogenated alkanes) is 1. The first-order valence-electron chi connectivity index (χ1n) is 9.68. The minimum Gasteiger partial charge on any atom is -0.325 e. The van der Waals surface area contributed by atoms with E-state index in [1.165, 1.54) is 16.5 Å². The molecule has 0 radical (unpaired) electrons. The van der Waals surface area contributed by atoms with Gasteiger partial charge in [0.25, 0.3) is 0 Å². The molecule has 0 saturated carbocycles. The maximum Gasteiger partial charge on any atom is 0.127 e. The highest BCUT2D eigenvalue weighted by Crippen LogP contribution is 2.26. The number of thiophene rings is 1. The van der Waals surface area contributed by atoms with Gasteiger partial charge in [-0.05, 0) is 59.8 Å². The molecule has 0 bridgehead atoms. The summed E-state index contributed by atoms with van der Waals surface area (Å²) in [5.74, 6) is -0.274. The second-order valence-corrected chi connectivity index (χ2v) is 8.69. The first-order valence-corrected chi connectivity index (χ1v) is 11.9. The van der Waals surface area contributed by atoms with Gasteiger partial charge in [-0.25, -0.2) is 4.39 Å². The Balaban J connectivity index is 0.000000296. The second kappa shape index (κ2) is 14.5. The molecule has 2 aromatic rings. The van der Waals surface area contributed by atoms with Crippen LogP contribution in [0.1, 0.15) is 56.0 Å². The molecule has 1 aromatic carbocycles. The summed E-state index contributed by atoms with van der Waals surface area (Å²) in [5.41, 5.74) is 2.29. The molecule has 1 aromatic heterocycles. The minimum absolute atomic E-state index is 0.274. The Morgan fingerprint density at radius 3 is 2.62 bits per heavy atom. The molecule has 2 rings (SSSR count). The maximum atomic E-state index is 13.2. The van der Waals surface area contributed by atoms with Crippen molar-refractivity contribution in [2.75, 3.05) is 0 Å². The van der Waals surface area contributed by atoms with Gasteiger partial charge in [0.05, 0.1) is 11.6 Å². The van der Waals surface area contributed by atoms with Crippen LogP contribution in [0.15, 0.2) is 52.3 Å². The molecule has 0 aliphatic rings. The lowest BCUT2D eigenvalue weighted by Gasteiger charge is -2.07. The van der Waals surface area contributed by atoms with Crippen molar-refractivity contribution in [1.82, 2.24) is 0 Å². The summed E-state index contributed by atoms with van der Waals surface area (Å²) in [7, 11) is 2.45. The average molecular weight is 450 g/mol. The standard InChI is InChI=1S/C13H18OS2.C10H11FNP/c1-3-5-8-13(16-14)11(4-2)10-12-7-6-9-15-12;1-2-3-7-5-10(13)8(6-12)4-9(7)11/h4,6-9,14H,3,5,10H2,1-2H3;4-5H,2-3,13H2,1H3/b11-4-,13-8+;. The SMILES string of the molecule is C/C=C(Cc1cccs1)\C(=C/CCC)SO.CCCc1cc(P)c(C#N)cc1F. The van der Waals surface area contributed by atoms with Crippen molar-refractivity contribution in [2.24, 2.45) is 0 Å². The normalized spacial score (nSPS) is 11.6. The lowest BCUT2D eigenvalue weighted by molar-refractivity contribution is 0.607. The number of hydrogen-bond donors (Lipinski definition) is 1. The lowest BCUT2D eigenvalue weighted by atomic mass is 10.1. The maximum absolute atomic E-state index is 13.2. The van der Waals surface area contributed by atoms with Crippen LogP contribution in [-0.4, -0.2) is 4.55 Å². The number of benzene rings is 1. The van der Waals surface area contributed by atoms with Gasteiger partial charge in [0.2, 0.25) is 0 Å². The summed E-state index contributed by atoms with van der Waals surface area (Å²) in [4.78, 5) is 2.34. The van der Waals surface area contributed by atoms with E-state index in [-0.39, 0.29) is 5.82 Å². The highest BCUT2D eigenvalue weighted by atomic mass is 32.2. The van der Waals surface area contributed by atoms with Crippen LogP contribution in [0, 0.1) is 17.1 Å². The van der Waals surface area contributed by atoms with E-state index < -0.39 is 0 Å². The van der Waals surface area contributed by atoms with Gasteiger partial charge >= 0.3 is 0 Å². The molecule has 0 saturated heterocycles. The molecule has 1 N–H and O–H groups in total. The Kier molecular flexibility index (Phi) is 12.8. The molecular formula is C23H29FNOPS2. The summed E-state index contributed by atoms with van der Waals surface area (Å²) in [6.07, 6.45) is 8.88. The van der Waals surface area contributed by atoms with Gasteiger partial charge in [-0.15, -0.1) is 20.6 Å². The van der Waals surface area contributed by atoms with Crippen LogP contribution in [0.2, 0.25) is 0 Å². The summed E-state index contributed by atoms with van der Waals surface area (Å²) < 4.78 is 22.5. The molecule has 2 nitrogen and oxygen atoms in total. The smallest absolute Gasteiger partial charge is 0.127 e. The molecule has 1 unspecified atom stereocenters. The van der Waals surface area contributed by atoms with Crippen LogP contribution in [0.4, 0.5) is 4.39 Å². The van der Waals surface area contributed by atoms with Crippen LogP contribution < -0.4 is 5.30 Å². The van der Waals surface area contributed by atoms with Crippen LogP contribution in [0.3, 0.4) is 0 Å². The predicted molar refractivity (Wildman–Crippen MR) is 129 cm³/mol. The zero-order valence-corrected chi connectivity index (χ0v) is 20.0. The molecule has 0 aliphatic carbocycles. The van der Waals surface area contributed by atoms with Crippen molar-refractivity contribution in [1.29, 1.82) is 5.26 Å². The van der Waals surface area contributed by atoms with Crippen molar-refractivity contribution < 1.29 is 8.94 Å². The largest absolute Gasteiger partial charge is 0.325 e. The van der Waals surface area contributed by atoms with Crippen molar-refractivity contribution in [3.63, 3.8) is 0 Å². The molecule has 156 valence electrons. The Morgan fingerprint density at radius 1 is 1.34 bits per heavy atom. The third-order valence-electron chi connectivity index (χ3n) is 4.18. The number of nitriles is 1. The quantitative estimate of drug-likeness (QED) is 0.262. The fourth-order valence-electron chi connectivity index (χ4n) is 2.63. The topological polar surface area (TPSA) is 44.0 Å². The molecule has 0 fully saturated rings. The summed E-state index contributed by atoms with van der Waals surface area (Å²) in [6, 6.07) is 9.16. The van der Waals surface area contributed by atoms with E-state index in [1.54, 1.807) is 17.4 Å². The van der Waals surface area contributed by atoms with E-state index in [4.69, 9.17) is 5.26 Å². The molecule has 1 atom stereocenters. The van der Waals surface area contributed by atoms with Crippen LogP contribution in [0.25, 0.3) is 0 Å². The molecule has 6 heteroatoms. The fourth-order valence-corrected chi connectivity index (χ4v) is 4.21. The van der Waals surface area contributed by atoms with E-state index >= 15 is 0 Å². The Bertz CT molecular complexity index is 855. The van der Waals surface area contributed by atoms with Crippen molar-refractivity contribution >= 4 is 37.9 Å². The highest BCUT2D eigenvalue weighted by molar-refractivity contribution is 7.97. The summed E-state index contributed by atoms with van der Waals surface area (Å²) in [6.45, 7) is 6.17. The van der Waals surface area contributed by atoms with E-state index in [1.807, 2.05) is 19.9 Å². The number of halogens is 1. The van der Waals surface area contributed by atoms with Gasteiger partial charge in [-0.3, -0.25) is 0 Å². The zero-order valence-electron chi connectivity index (χ0n) is 17.2. The highest BCUT2D eigenvalue weighted by Gasteiger charge is 2.07. The van der Waals surface area contributed by atoms with Crippen LogP contribution in [0.5, 0.6) is 0 Å². The van der Waals surface area contributed by atoms with Crippen molar-refractivity contribution in [3.05, 3.63) is 74.1 Å². The lowest BCUT2D eigenvalue weighted by Crippen LogP contribution is -2.03. The number of rotatable bonds is 8. The van der Waals surface area contributed by atoms with Crippen molar-refractivity contribution in [3.8, 4) is 6.07 Å². The Hall–Kier alpha value is -1.44. The fraction of sp³-hybridized carbons (Fsp3) is 0.348. The number of nitrogens with zero attached hydrogens (tertiary/aromatic N) is 1. The monoisotopic (exact) mass is 449 g/mol. The minimum atomic E-state index is -0.274. The van der Waals surface area contributed by atoms with E-state index in [9.17, 15) is 8.94 Å². The molecular weight excluding hydrogens is 420 g/mol. The number of aryl methyl sites for hydroxylation is 1. The van der Waals surface area contributed by atoms with E-state index in [2.05, 4.69) is 45.8 Å². The van der Waals surface area contributed by atoms with E-state index in [0.717, 1.165) is 54.4 Å². The number of hydrogen-bond acceptors (Lipinski definition) is 4. The first kappa shape index (κ1) is 25.6. The first-order chi connectivity index (χ1) is 14.0. The molecule has 29 heavy (non-hydrogen) atoms. The molecule has 0 amide bonds. The average Bonchev–Trinajstić information content (AvgIpc) is 3.24. The van der Waals surface area contributed by atoms with Crippen LogP contribution >= 0.6 is 32.6 Å². The van der Waals surface area contributed by atoms with Gasteiger partial charge in [0.1, 0.15) is 5.82 Å². The van der Waals surface area contributed by atoms with Gasteiger partial charge in [0, 0.05) is 28.2 Å². The van der Waals surface area contributed by atoms with Crippen LogP contribution in [-0.2, 0) is 12.8 Å². The third-order valence-corrected chi connectivity index (χ3v) is 6.16. The predicted octanol–water partition coefficient (Wildman–Crippen LogP) is 7.28. The van der Waals surface area contributed by atoms with Crippen molar-refractivity contribution in [2.45, 2.75) is 52.9 Å². The van der Waals surface area contributed by atoms with Gasteiger partial charge in [-0.2, -0.15) is 5.26 Å². The van der Waals surface area contributed by atoms with Gasteiger partial charge in [-0.1, -0.05) is 44.9 Å². The van der Waals surface area contributed by atoms with Gasteiger partial charge < -0.3 is 4.55 Å². The molecule has 0 spiro atoms. The second-order valence-electron chi connectivity index (χ2n) is 6.41. The number of allylic oxidation sites excluding steroid dienone is 3. The summed E-state index contributed by atoms with van der Waals surface area (Å²) >= 11 is 2.62. The van der Waals surface area contributed by atoms with E-state index in [0.29, 0.717) is 11.1 Å².